The number of nitrogens with one attached hydrogen (secondary N) is 1. The quantitative estimate of drug-likeness (QED) is 0.711. The molecule has 0 aliphatic heterocycles. The van der Waals surface area contributed by atoms with Crippen molar-refractivity contribution in [2.24, 2.45) is 0 Å². The zero-order chi connectivity index (χ0) is 15.8. The van der Waals surface area contributed by atoms with Gasteiger partial charge in [-0.05, 0) is 36.6 Å². The van der Waals surface area contributed by atoms with Gasteiger partial charge in [-0.15, -0.1) is 0 Å². The molecule has 0 aliphatic rings. The normalized spacial score (nSPS) is 11.9. The Morgan fingerprint density at radius 1 is 0.955 bits per heavy atom. The van der Waals surface area contributed by atoms with Gasteiger partial charge in [-0.3, -0.25) is 4.79 Å². The van der Waals surface area contributed by atoms with Gasteiger partial charge in [0.15, 0.2) is 0 Å². The molecule has 0 unspecified atom stereocenters. The maximum Gasteiger partial charge on any atom is 0.251 e. The summed E-state index contributed by atoms with van der Waals surface area (Å²) in [4.78, 5) is 12.2. The van der Waals surface area contributed by atoms with E-state index < -0.39 is 0 Å². The summed E-state index contributed by atoms with van der Waals surface area (Å²) in [6.07, 6.45) is 4.65. The summed E-state index contributed by atoms with van der Waals surface area (Å²) in [5.41, 5.74) is 3.03. The molecule has 0 aromatic heterocycles. The fraction of sp³-hybridized carbons (Fsp3) is 0.350. The third kappa shape index (κ3) is 4.73. The van der Waals surface area contributed by atoms with Crippen molar-refractivity contribution in [1.82, 2.24) is 5.32 Å². The first kappa shape index (κ1) is 16.3. The third-order valence-electron chi connectivity index (χ3n) is 3.87. The van der Waals surface area contributed by atoms with Crippen LogP contribution in [0.5, 0.6) is 0 Å². The molecular weight excluding hydrogens is 270 g/mol. The maximum atomic E-state index is 12.2. The molecule has 1 atom stereocenters. The summed E-state index contributed by atoms with van der Waals surface area (Å²) in [6, 6.07) is 18.2. The molecule has 2 nitrogen and oxygen atoms in total. The lowest BCUT2D eigenvalue weighted by atomic mass is 10.0. The first-order valence-corrected chi connectivity index (χ1v) is 8.17. The standard InChI is InChI=1S/C20H25NO/c1-3-4-6-9-16(2)21-20(22)19-14-12-18(13-15-19)17-10-7-5-8-11-17/h5,7-8,10-16H,3-4,6,9H2,1-2H3,(H,21,22)/t16-/m1/s1. The van der Waals surface area contributed by atoms with E-state index in [2.05, 4.69) is 31.3 Å². The van der Waals surface area contributed by atoms with Crippen LogP contribution in [0.3, 0.4) is 0 Å². The zero-order valence-corrected chi connectivity index (χ0v) is 13.5. The highest BCUT2D eigenvalue weighted by atomic mass is 16.1. The van der Waals surface area contributed by atoms with Crippen molar-refractivity contribution in [2.45, 2.75) is 45.6 Å². The highest BCUT2D eigenvalue weighted by molar-refractivity contribution is 5.94. The molecule has 0 radical (unpaired) electrons. The number of hydrogen-bond acceptors (Lipinski definition) is 1. The molecule has 2 heteroatoms. The predicted molar refractivity (Wildman–Crippen MR) is 92.9 cm³/mol. The van der Waals surface area contributed by atoms with Crippen LogP contribution >= 0.6 is 0 Å². The maximum absolute atomic E-state index is 12.2. The van der Waals surface area contributed by atoms with Crippen LogP contribution in [-0.2, 0) is 0 Å². The monoisotopic (exact) mass is 295 g/mol. The number of carbonyl (C=O) groups is 1. The minimum absolute atomic E-state index is 0.0172. The Morgan fingerprint density at radius 2 is 1.59 bits per heavy atom. The number of hydrogen-bond donors (Lipinski definition) is 1. The average molecular weight is 295 g/mol. The van der Waals surface area contributed by atoms with Crippen LogP contribution in [-0.4, -0.2) is 11.9 Å². The SMILES string of the molecule is CCCCC[C@@H](C)NC(=O)c1ccc(-c2ccccc2)cc1. The van der Waals surface area contributed by atoms with Gasteiger partial charge in [0.05, 0.1) is 0 Å². The second kappa shape index (κ2) is 8.38. The van der Waals surface area contributed by atoms with Gasteiger partial charge in [-0.25, -0.2) is 0 Å². The number of rotatable bonds is 7. The van der Waals surface area contributed by atoms with Crippen molar-refractivity contribution in [1.29, 1.82) is 0 Å². The van der Waals surface area contributed by atoms with Gasteiger partial charge in [-0.1, -0.05) is 68.7 Å². The zero-order valence-electron chi connectivity index (χ0n) is 13.5. The molecule has 0 aliphatic carbocycles. The van der Waals surface area contributed by atoms with Gasteiger partial charge in [0, 0.05) is 11.6 Å². The number of unbranched alkanes of at least 4 members (excludes halogenated alkanes) is 2. The van der Waals surface area contributed by atoms with E-state index in [9.17, 15) is 4.79 Å². The van der Waals surface area contributed by atoms with Gasteiger partial charge < -0.3 is 5.32 Å². The third-order valence-corrected chi connectivity index (χ3v) is 3.87. The predicted octanol–water partition coefficient (Wildman–Crippen LogP) is 5.05. The summed E-state index contributed by atoms with van der Waals surface area (Å²) >= 11 is 0. The van der Waals surface area contributed by atoms with E-state index in [4.69, 9.17) is 0 Å². The molecule has 2 aromatic carbocycles. The molecule has 0 fully saturated rings. The number of carbonyl (C=O) groups excluding carboxylic acids is 1. The van der Waals surface area contributed by atoms with Crippen molar-refractivity contribution in [3.63, 3.8) is 0 Å². The van der Waals surface area contributed by atoms with Crippen LogP contribution in [0.4, 0.5) is 0 Å². The molecule has 0 saturated carbocycles. The van der Waals surface area contributed by atoms with Crippen molar-refractivity contribution < 1.29 is 4.79 Å². The second-order valence-electron chi connectivity index (χ2n) is 5.81. The summed E-state index contributed by atoms with van der Waals surface area (Å²) < 4.78 is 0. The van der Waals surface area contributed by atoms with Crippen molar-refractivity contribution in [2.75, 3.05) is 0 Å². The molecule has 22 heavy (non-hydrogen) atoms. The Balaban J connectivity index is 1.94. The minimum Gasteiger partial charge on any atom is -0.350 e. The van der Waals surface area contributed by atoms with E-state index in [1.54, 1.807) is 0 Å². The molecular formula is C20H25NO. The molecule has 2 aromatic rings. The summed E-state index contributed by atoms with van der Waals surface area (Å²) in [5, 5.41) is 3.08. The Labute approximate surface area is 133 Å². The summed E-state index contributed by atoms with van der Waals surface area (Å²) in [6.45, 7) is 4.27. The van der Waals surface area contributed by atoms with E-state index in [0.29, 0.717) is 0 Å². The highest BCUT2D eigenvalue weighted by Gasteiger charge is 2.09. The fourth-order valence-corrected chi connectivity index (χ4v) is 2.52. The smallest absolute Gasteiger partial charge is 0.251 e. The highest BCUT2D eigenvalue weighted by Crippen LogP contribution is 2.19. The van der Waals surface area contributed by atoms with Gasteiger partial charge in [0.2, 0.25) is 0 Å². The molecule has 0 heterocycles. The van der Waals surface area contributed by atoms with Crippen LogP contribution < -0.4 is 5.32 Å². The van der Waals surface area contributed by atoms with E-state index >= 15 is 0 Å². The minimum atomic E-state index is 0.0172. The lowest BCUT2D eigenvalue weighted by molar-refractivity contribution is 0.0938. The Kier molecular flexibility index (Phi) is 6.20. The summed E-state index contributed by atoms with van der Waals surface area (Å²) in [7, 11) is 0. The van der Waals surface area contributed by atoms with Crippen LogP contribution in [0.15, 0.2) is 54.6 Å². The van der Waals surface area contributed by atoms with E-state index in [1.165, 1.54) is 24.8 Å². The van der Waals surface area contributed by atoms with E-state index in [0.717, 1.165) is 17.5 Å². The fourth-order valence-electron chi connectivity index (χ4n) is 2.52. The Bertz CT molecular complexity index is 574. The topological polar surface area (TPSA) is 29.1 Å². The molecule has 1 amide bonds. The molecule has 0 bridgehead atoms. The van der Waals surface area contributed by atoms with Gasteiger partial charge in [0.1, 0.15) is 0 Å². The number of benzene rings is 2. The van der Waals surface area contributed by atoms with Crippen molar-refractivity contribution >= 4 is 5.91 Å². The second-order valence-corrected chi connectivity index (χ2v) is 5.81. The molecule has 2 rings (SSSR count). The average Bonchev–Trinajstić information content (AvgIpc) is 2.56. The van der Waals surface area contributed by atoms with Crippen LogP contribution in [0.2, 0.25) is 0 Å². The van der Waals surface area contributed by atoms with Crippen LogP contribution in [0.1, 0.15) is 49.9 Å². The Morgan fingerprint density at radius 3 is 2.23 bits per heavy atom. The molecule has 1 N–H and O–H groups in total. The summed E-state index contributed by atoms with van der Waals surface area (Å²) in [5.74, 6) is 0.0172. The first-order valence-electron chi connectivity index (χ1n) is 8.17. The van der Waals surface area contributed by atoms with Crippen LogP contribution in [0, 0.1) is 0 Å². The Hall–Kier alpha value is -2.09. The molecule has 116 valence electrons. The van der Waals surface area contributed by atoms with E-state index in [-0.39, 0.29) is 11.9 Å². The lowest BCUT2D eigenvalue weighted by Crippen LogP contribution is -2.32. The number of amides is 1. The van der Waals surface area contributed by atoms with E-state index in [1.807, 2.05) is 42.5 Å². The van der Waals surface area contributed by atoms with Crippen LogP contribution in [0.25, 0.3) is 11.1 Å². The largest absolute Gasteiger partial charge is 0.350 e. The van der Waals surface area contributed by atoms with Crippen molar-refractivity contribution in [3.8, 4) is 11.1 Å². The molecule has 0 spiro atoms. The van der Waals surface area contributed by atoms with Gasteiger partial charge >= 0.3 is 0 Å². The lowest BCUT2D eigenvalue weighted by Gasteiger charge is -2.14. The molecule has 0 saturated heterocycles. The van der Waals surface area contributed by atoms with Gasteiger partial charge in [0.25, 0.3) is 5.91 Å². The van der Waals surface area contributed by atoms with Crippen molar-refractivity contribution in [3.05, 3.63) is 60.2 Å². The first-order chi connectivity index (χ1) is 10.7. The van der Waals surface area contributed by atoms with Gasteiger partial charge in [-0.2, -0.15) is 0 Å².